The van der Waals surface area contributed by atoms with Crippen molar-refractivity contribution in [2.75, 3.05) is 0 Å². The van der Waals surface area contributed by atoms with Crippen LogP contribution in [0.4, 0.5) is 0 Å². The summed E-state index contributed by atoms with van der Waals surface area (Å²) in [5, 5.41) is 0. The van der Waals surface area contributed by atoms with Gasteiger partial charge in [-0.1, -0.05) is 6.07 Å². The van der Waals surface area contributed by atoms with Crippen molar-refractivity contribution in [1.82, 2.24) is 4.98 Å². The third-order valence-electron chi connectivity index (χ3n) is 1.42. The molecular weight excluding hydrogens is 164 g/mol. The molecule has 0 saturated heterocycles. The molecule has 13 heavy (non-hydrogen) atoms. The lowest BCUT2D eigenvalue weighted by molar-refractivity contribution is 0.111. The highest BCUT2D eigenvalue weighted by Gasteiger charge is 1.93. The molecule has 0 fully saturated rings. The maximum atomic E-state index is 10.4. The molecule has 3 nitrogen and oxygen atoms in total. The van der Waals surface area contributed by atoms with E-state index in [2.05, 4.69) is 9.98 Å². The SMILES string of the molecule is CC(C)N=Cc1cccc(C=O)n1. The number of carbonyl (C=O) groups is 1. The van der Waals surface area contributed by atoms with Crippen LogP contribution in [0.25, 0.3) is 0 Å². The third-order valence-corrected chi connectivity index (χ3v) is 1.42. The highest BCUT2D eigenvalue weighted by molar-refractivity contribution is 5.79. The highest BCUT2D eigenvalue weighted by atomic mass is 16.1. The molecular formula is C10H12N2O. The third kappa shape index (κ3) is 3.15. The fraction of sp³-hybridized carbons (Fsp3) is 0.300. The lowest BCUT2D eigenvalue weighted by Crippen LogP contribution is -1.95. The molecule has 0 aromatic carbocycles. The van der Waals surface area contributed by atoms with Crippen LogP contribution < -0.4 is 0 Å². The minimum absolute atomic E-state index is 0.252. The van der Waals surface area contributed by atoms with Crippen LogP contribution in [0.3, 0.4) is 0 Å². The normalized spacial score (nSPS) is 11.0. The van der Waals surface area contributed by atoms with Gasteiger partial charge in [-0.15, -0.1) is 0 Å². The number of carbonyl (C=O) groups excluding carboxylic acids is 1. The largest absolute Gasteiger partial charge is 0.296 e. The maximum absolute atomic E-state index is 10.4. The number of aliphatic imine (C=N–C) groups is 1. The second-order valence-corrected chi connectivity index (χ2v) is 2.98. The molecule has 0 aliphatic carbocycles. The summed E-state index contributed by atoms with van der Waals surface area (Å²) in [6.07, 6.45) is 2.41. The van der Waals surface area contributed by atoms with E-state index in [9.17, 15) is 4.79 Å². The van der Waals surface area contributed by atoms with E-state index in [1.54, 1.807) is 18.3 Å². The molecule has 0 unspecified atom stereocenters. The van der Waals surface area contributed by atoms with Gasteiger partial charge in [-0.25, -0.2) is 4.98 Å². The highest BCUT2D eigenvalue weighted by Crippen LogP contribution is 1.95. The molecule has 0 amide bonds. The Kier molecular flexibility index (Phi) is 3.31. The number of aromatic nitrogens is 1. The van der Waals surface area contributed by atoms with Crippen LogP contribution >= 0.6 is 0 Å². The molecule has 0 aliphatic rings. The van der Waals surface area contributed by atoms with Crippen LogP contribution in [0.15, 0.2) is 23.2 Å². The average molecular weight is 176 g/mol. The van der Waals surface area contributed by atoms with E-state index in [0.717, 1.165) is 12.0 Å². The summed E-state index contributed by atoms with van der Waals surface area (Å²) in [5.41, 5.74) is 1.16. The molecule has 0 spiro atoms. The first-order chi connectivity index (χ1) is 6.22. The van der Waals surface area contributed by atoms with Crippen molar-refractivity contribution in [3.63, 3.8) is 0 Å². The van der Waals surface area contributed by atoms with Crippen LogP contribution in [-0.4, -0.2) is 23.5 Å². The summed E-state index contributed by atoms with van der Waals surface area (Å²) in [6, 6.07) is 5.53. The lowest BCUT2D eigenvalue weighted by atomic mass is 10.3. The predicted molar refractivity (Wildman–Crippen MR) is 52.4 cm³/mol. The van der Waals surface area contributed by atoms with E-state index >= 15 is 0 Å². The summed E-state index contributed by atoms with van der Waals surface area (Å²) >= 11 is 0. The Morgan fingerprint density at radius 3 is 2.69 bits per heavy atom. The smallest absolute Gasteiger partial charge is 0.168 e. The first kappa shape index (κ1) is 9.58. The first-order valence-corrected chi connectivity index (χ1v) is 4.18. The Balaban J connectivity index is 2.83. The molecule has 1 aromatic heterocycles. The number of hydrogen-bond donors (Lipinski definition) is 0. The van der Waals surface area contributed by atoms with Gasteiger partial charge < -0.3 is 0 Å². The van der Waals surface area contributed by atoms with Gasteiger partial charge >= 0.3 is 0 Å². The van der Waals surface area contributed by atoms with Gasteiger partial charge in [0.15, 0.2) is 6.29 Å². The van der Waals surface area contributed by atoms with Gasteiger partial charge in [0.25, 0.3) is 0 Å². The fourth-order valence-electron chi connectivity index (χ4n) is 0.832. The van der Waals surface area contributed by atoms with Gasteiger partial charge in [0.1, 0.15) is 5.69 Å². The Morgan fingerprint density at radius 2 is 2.08 bits per heavy atom. The first-order valence-electron chi connectivity index (χ1n) is 4.18. The molecule has 68 valence electrons. The predicted octanol–water partition coefficient (Wildman–Crippen LogP) is 1.72. The summed E-state index contributed by atoms with van der Waals surface area (Å²) in [5.74, 6) is 0. The quantitative estimate of drug-likeness (QED) is 0.520. The molecule has 0 N–H and O–H groups in total. The molecule has 3 heteroatoms. The van der Waals surface area contributed by atoms with Crippen LogP contribution in [0, 0.1) is 0 Å². The topological polar surface area (TPSA) is 42.3 Å². The molecule has 1 heterocycles. The van der Waals surface area contributed by atoms with Crippen molar-refractivity contribution >= 4 is 12.5 Å². The number of nitrogens with zero attached hydrogens (tertiary/aromatic N) is 2. The number of hydrogen-bond acceptors (Lipinski definition) is 3. The standard InChI is InChI=1S/C10H12N2O/c1-8(2)11-6-9-4-3-5-10(7-13)12-9/h3-8H,1-2H3. The molecule has 0 saturated carbocycles. The molecule has 0 bridgehead atoms. The maximum Gasteiger partial charge on any atom is 0.168 e. The summed E-state index contributed by atoms with van der Waals surface area (Å²) in [4.78, 5) is 18.6. The second-order valence-electron chi connectivity index (χ2n) is 2.98. The summed E-state index contributed by atoms with van der Waals surface area (Å²) in [6.45, 7) is 3.97. The van der Waals surface area contributed by atoms with Gasteiger partial charge in [0.05, 0.1) is 5.69 Å². The van der Waals surface area contributed by atoms with Crippen LogP contribution in [0.2, 0.25) is 0 Å². The van der Waals surface area contributed by atoms with E-state index in [-0.39, 0.29) is 6.04 Å². The zero-order valence-electron chi connectivity index (χ0n) is 7.77. The number of pyridine rings is 1. The van der Waals surface area contributed by atoms with E-state index in [1.807, 2.05) is 19.9 Å². The van der Waals surface area contributed by atoms with Gasteiger partial charge in [-0.05, 0) is 26.0 Å². The van der Waals surface area contributed by atoms with Crippen molar-refractivity contribution in [2.24, 2.45) is 4.99 Å². The minimum atomic E-state index is 0.252. The van der Waals surface area contributed by atoms with Gasteiger partial charge in [0.2, 0.25) is 0 Å². The monoisotopic (exact) mass is 176 g/mol. The zero-order valence-corrected chi connectivity index (χ0v) is 7.77. The van der Waals surface area contributed by atoms with Crippen molar-refractivity contribution in [2.45, 2.75) is 19.9 Å². The summed E-state index contributed by atoms with van der Waals surface area (Å²) < 4.78 is 0. The van der Waals surface area contributed by atoms with Crippen molar-refractivity contribution in [1.29, 1.82) is 0 Å². The van der Waals surface area contributed by atoms with Crippen molar-refractivity contribution < 1.29 is 4.79 Å². The van der Waals surface area contributed by atoms with Crippen LogP contribution in [-0.2, 0) is 0 Å². The fourth-order valence-corrected chi connectivity index (χ4v) is 0.832. The Bertz CT molecular complexity index is 318. The molecule has 0 atom stereocenters. The van der Waals surface area contributed by atoms with E-state index in [1.165, 1.54) is 0 Å². The van der Waals surface area contributed by atoms with E-state index < -0.39 is 0 Å². The van der Waals surface area contributed by atoms with Gasteiger partial charge in [-0.3, -0.25) is 9.79 Å². The van der Waals surface area contributed by atoms with Crippen molar-refractivity contribution in [3.8, 4) is 0 Å². The lowest BCUT2D eigenvalue weighted by Gasteiger charge is -1.95. The Labute approximate surface area is 77.5 Å². The Hall–Kier alpha value is -1.51. The van der Waals surface area contributed by atoms with Crippen molar-refractivity contribution in [3.05, 3.63) is 29.6 Å². The second kappa shape index (κ2) is 4.50. The summed E-state index contributed by atoms with van der Waals surface area (Å²) in [7, 11) is 0. The average Bonchev–Trinajstić information content (AvgIpc) is 2.15. The van der Waals surface area contributed by atoms with Crippen LogP contribution in [0.5, 0.6) is 0 Å². The number of aldehydes is 1. The molecule has 0 radical (unpaired) electrons. The Morgan fingerprint density at radius 1 is 1.38 bits per heavy atom. The van der Waals surface area contributed by atoms with Gasteiger partial charge in [0, 0.05) is 12.3 Å². The van der Waals surface area contributed by atoms with E-state index in [0.29, 0.717) is 5.69 Å². The van der Waals surface area contributed by atoms with E-state index in [4.69, 9.17) is 0 Å². The zero-order chi connectivity index (χ0) is 9.68. The van der Waals surface area contributed by atoms with Crippen LogP contribution in [0.1, 0.15) is 30.0 Å². The molecule has 1 rings (SSSR count). The minimum Gasteiger partial charge on any atom is -0.296 e. The molecule has 1 aromatic rings. The molecule has 0 aliphatic heterocycles. The van der Waals surface area contributed by atoms with Gasteiger partial charge in [-0.2, -0.15) is 0 Å². The number of rotatable bonds is 3.